The Hall–Kier alpha value is -1.39. The second-order valence-electron chi connectivity index (χ2n) is 3.95. The van der Waals surface area contributed by atoms with E-state index in [0.29, 0.717) is 32.0 Å². The Morgan fingerprint density at radius 3 is 2.67 bits per heavy atom. The molecule has 0 saturated heterocycles. The third kappa shape index (κ3) is 5.29. The zero-order chi connectivity index (χ0) is 13.2. The molecule has 0 radical (unpaired) electrons. The molecule has 18 heavy (non-hydrogen) atoms. The summed E-state index contributed by atoms with van der Waals surface area (Å²) in [6, 6.07) is 5.36. The Kier molecular flexibility index (Phi) is 7.06. The standard InChI is InChI=1S/C14H20O4/c1-12-10-13(11-15)4-5-14(12)18-9-8-17-7-3-6-16-2/h4-5,10-11H,3,6-9H2,1-2H3. The van der Waals surface area contributed by atoms with Gasteiger partial charge in [-0.2, -0.15) is 0 Å². The molecule has 0 saturated carbocycles. The fraction of sp³-hybridized carbons (Fsp3) is 0.500. The van der Waals surface area contributed by atoms with E-state index < -0.39 is 0 Å². The van der Waals surface area contributed by atoms with Gasteiger partial charge in [-0.25, -0.2) is 0 Å². The van der Waals surface area contributed by atoms with Crippen molar-refractivity contribution in [1.82, 2.24) is 0 Å². The molecule has 0 aliphatic rings. The van der Waals surface area contributed by atoms with Gasteiger partial charge in [-0.1, -0.05) is 0 Å². The van der Waals surface area contributed by atoms with Crippen LogP contribution in [0.25, 0.3) is 0 Å². The molecule has 0 fully saturated rings. The van der Waals surface area contributed by atoms with E-state index in [9.17, 15) is 4.79 Å². The molecule has 0 unspecified atom stereocenters. The minimum Gasteiger partial charge on any atom is -0.491 e. The van der Waals surface area contributed by atoms with Gasteiger partial charge in [0, 0.05) is 25.9 Å². The highest BCUT2D eigenvalue weighted by atomic mass is 16.5. The normalized spacial score (nSPS) is 10.3. The molecule has 4 nitrogen and oxygen atoms in total. The second-order valence-corrected chi connectivity index (χ2v) is 3.95. The lowest BCUT2D eigenvalue weighted by Crippen LogP contribution is -2.09. The van der Waals surface area contributed by atoms with Crippen LogP contribution in [0.1, 0.15) is 22.3 Å². The van der Waals surface area contributed by atoms with Crippen LogP contribution < -0.4 is 4.74 Å². The Morgan fingerprint density at radius 1 is 1.17 bits per heavy atom. The van der Waals surface area contributed by atoms with Crippen molar-refractivity contribution < 1.29 is 19.0 Å². The molecular formula is C14H20O4. The van der Waals surface area contributed by atoms with E-state index in [-0.39, 0.29) is 0 Å². The van der Waals surface area contributed by atoms with E-state index in [1.807, 2.05) is 19.1 Å². The van der Waals surface area contributed by atoms with Gasteiger partial charge in [0.15, 0.2) is 0 Å². The summed E-state index contributed by atoms with van der Waals surface area (Å²) in [5.41, 5.74) is 1.62. The maximum atomic E-state index is 10.6. The molecular weight excluding hydrogens is 232 g/mol. The maximum Gasteiger partial charge on any atom is 0.150 e. The first kappa shape index (κ1) is 14.7. The molecule has 0 heterocycles. The minimum absolute atomic E-state index is 0.508. The molecule has 0 aliphatic carbocycles. The Balaban J connectivity index is 2.21. The van der Waals surface area contributed by atoms with Crippen LogP contribution in [0.2, 0.25) is 0 Å². The Morgan fingerprint density at radius 2 is 2.00 bits per heavy atom. The number of aryl methyl sites for hydroxylation is 1. The van der Waals surface area contributed by atoms with E-state index in [0.717, 1.165) is 24.0 Å². The fourth-order valence-electron chi connectivity index (χ4n) is 1.53. The van der Waals surface area contributed by atoms with E-state index in [1.165, 1.54) is 0 Å². The highest BCUT2D eigenvalue weighted by Gasteiger charge is 2.00. The van der Waals surface area contributed by atoms with E-state index in [2.05, 4.69) is 0 Å². The van der Waals surface area contributed by atoms with Gasteiger partial charge in [-0.3, -0.25) is 4.79 Å². The summed E-state index contributed by atoms with van der Waals surface area (Å²) in [7, 11) is 1.68. The van der Waals surface area contributed by atoms with Gasteiger partial charge in [-0.15, -0.1) is 0 Å². The van der Waals surface area contributed by atoms with Crippen LogP contribution in [0.4, 0.5) is 0 Å². The number of benzene rings is 1. The van der Waals surface area contributed by atoms with Crippen LogP contribution in [0, 0.1) is 6.92 Å². The zero-order valence-electron chi connectivity index (χ0n) is 11.0. The predicted octanol–water partition coefficient (Wildman–Crippen LogP) is 2.24. The van der Waals surface area contributed by atoms with Crippen LogP contribution >= 0.6 is 0 Å². The van der Waals surface area contributed by atoms with E-state index in [1.54, 1.807) is 13.2 Å². The van der Waals surface area contributed by atoms with Crippen molar-refractivity contribution in [3.8, 4) is 5.75 Å². The quantitative estimate of drug-likeness (QED) is 0.499. The molecule has 0 aromatic heterocycles. The summed E-state index contributed by atoms with van der Waals surface area (Å²) < 4.78 is 15.9. The van der Waals surface area contributed by atoms with Gasteiger partial charge >= 0.3 is 0 Å². The summed E-state index contributed by atoms with van der Waals surface area (Å²) in [6.45, 7) is 4.38. The van der Waals surface area contributed by atoms with Crippen LogP contribution in [0.3, 0.4) is 0 Å². The highest BCUT2D eigenvalue weighted by molar-refractivity contribution is 5.75. The van der Waals surface area contributed by atoms with Crippen LogP contribution in [0.15, 0.2) is 18.2 Å². The largest absolute Gasteiger partial charge is 0.491 e. The number of ether oxygens (including phenoxy) is 3. The van der Waals surface area contributed by atoms with Crippen molar-refractivity contribution in [2.24, 2.45) is 0 Å². The van der Waals surface area contributed by atoms with Crippen LogP contribution in [-0.2, 0) is 9.47 Å². The highest BCUT2D eigenvalue weighted by Crippen LogP contribution is 2.18. The van der Waals surface area contributed by atoms with Gasteiger partial charge in [0.05, 0.1) is 6.61 Å². The van der Waals surface area contributed by atoms with Gasteiger partial charge in [-0.05, 0) is 37.1 Å². The number of carbonyl (C=O) groups is 1. The number of carbonyl (C=O) groups excluding carboxylic acids is 1. The molecule has 100 valence electrons. The fourth-order valence-corrected chi connectivity index (χ4v) is 1.53. The second kappa shape index (κ2) is 8.66. The summed E-state index contributed by atoms with van der Waals surface area (Å²) in [6.07, 6.45) is 1.72. The predicted molar refractivity (Wildman–Crippen MR) is 69.4 cm³/mol. The smallest absolute Gasteiger partial charge is 0.150 e. The average molecular weight is 252 g/mol. The van der Waals surface area contributed by atoms with Crippen molar-refractivity contribution in [2.75, 3.05) is 33.5 Å². The lowest BCUT2D eigenvalue weighted by atomic mass is 10.1. The van der Waals surface area contributed by atoms with Gasteiger partial charge < -0.3 is 14.2 Å². The number of hydrogen-bond donors (Lipinski definition) is 0. The van der Waals surface area contributed by atoms with Crippen LogP contribution in [-0.4, -0.2) is 39.8 Å². The minimum atomic E-state index is 0.508. The summed E-state index contributed by atoms with van der Waals surface area (Å²) in [5, 5.41) is 0. The molecule has 0 amide bonds. The van der Waals surface area contributed by atoms with E-state index in [4.69, 9.17) is 14.2 Å². The number of rotatable bonds is 9. The Bertz CT molecular complexity index is 363. The molecule has 1 aromatic rings. The first-order valence-corrected chi connectivity index (χ1v) is 6.03. The number of aldehydes is 1. The van der Waals surface area contributed by atoms with Crippen molar-refractivity contribution in [2.45, 2.75) is 13.3 Å². The van der Waals surface area contributed by atoms with Gasteiger partial charge in [0.1, 0.15) is 18.6 Å². The molecule has 0 aliphatic heterocycles. The summed E-state index contributed by atoms with van der Waals surface area (Å²) >= 11 is 0. The zero-order valence-corrected chi connectivity index (χ0v) is 11.0. The van der Waals surface area contributed by atoms with Gasteiger partial charge in [0.25, 0.3) is 0 Å². The number of hydrogen-bond acceptors (Lipinski definition) is 4. The third-order valence-corrected chi connectivity index (χ3v) is 2.46. The Labute approximate surface area is 108 Å². The summed E-state index contributed by atoms with van der Waals surface area (Å²) in [5.74, 6) is 0.793. The molecule has 0 spiro atoms. The van der Waals surface area contributed by atoms with Crippen molar-refractivity contribution in [3.63, 3.8) is 0 Å². The molecule has 1 aromatic carbocycles. The molecule has 0 bridgehead atoms. The van der Waals surface area contributed by atoms with Gasteiger partial charge in [0.2, 0.25) is 0 Å². The van der Waals surface area contributed by atoms with Crippen molar-refractivity contribution in [3.05, 3.63) is 29.3 Å². The first-order chi connectivity index (χ1) is 8.77. The average Bonchev–Trinajstić information content (AvgIpc) is 2.39. The molecule has 0 N–H and O–H groups in total. The lowest BCUT2D eigenvalue weighted by Gasteiger charge is -2.09. The SMILES string of the molecule is COCCCOCCOc1ccc(C=O)cc1C. The topological polar surface area (TPSA) is 44.8 Å². The number of methoxy groups -OCH3 is 1. The third-order valence-electron chi connectivity index (χ3n) is 2.46. The first-order valence-electron chi connectivity index (χ1n) is 6.03. The molecule has 4 heteroatoms. The molecule has 1 rings (SSSR count). The molecule has 0 atom stereocenters. The monoisotopic (exact) mass is 252 g/mol. The lowest BCUT2D eigenvalue weighted by molar-refractivity contribution is 0.0805. The summed E-state index contributed by atoms with van der Waals surface area (Å²) in [4.78, 5) is 10.6. The van der Waals surface area contributed by atoms with Crippen molar-refractivity contribution >= 4 is 6.29 Å². The van der Waals surface area contributed by atoms with Crippen LogP contribution in [0.5, 0.6) is 5.75 Å². The van der Waals surface area contributed by atoms with Crippen molar-refractivity contribution in [1.29, 1.82) is 0 Å². The van der Waals surface area contributed by atoms with E-state index >= 15 is 0 Å². The maximum absolute atomic E-state index is 10.6.